The number of fused-ring (bicyclic) bond motifs is 1. The molecule has 2 aromatic carbocycles. The first kappa shape index (κ1) is 22.7. The van der Waals surface area contributed by atoms with Crippen molar-refractivity contribution in [1.29, 1.82) is 0 Å². The summed E-state index contributed by atoms with van der Waals surface area (Å²) in [6, 6.07) is 13.9. The van der Waals surface area contributed by atoms with Crippen LogP contribution in [0.2, 0.25) is 0 Å². The summed E-state index contributed by atoms with van der Waals surface area (Å²) in [5.41, 5.74) is 2.65. The molecule has 1 aromatic heterocycles. The number of carbonyl (C=O) groups is 1. The Hall–Kier alpha value is -3.10. The maximum absolute atomic E-state index is 12.9. The highest BCUT2D eigenvalue weighted by Crippen LogP contribution is 2.40. The van der Waals surface area contributed by atoms with Gasteiger partial charge in [-0.1, -0.05) is 18.2 Å². The van der Waals surface area contributed by atoms with Crippen molar-refractivity contribution in [3.05, 3.63) is 59.1 Å². The molecule has 0 bridgehead atoms. The Labute approximate surface area is 203 Å². The number of hydrogen-bond donors (Lipinski definition) is 1. The number of thiazole rings is 1. The zero-order valence-electron chi connectivity index (χ0n) is 19.2. The zero-order valence-corrected chi connectivity index (χ0v) is 20.0. The van der Waals surface area contributed by atoms with E-state index in [1.807, 2.05) is 48.7 Å². The van der Waals surface area contributed by atoms with Crippen LogP contribution in [0.5, 0.6) is 17.2 Å². The summed E-state index contributed by atoms with van der Waals surface area (Å²) in [5.74, 6) is 2.29. The SMILES string of the molecule is CCOc1ccccc1-c1nc(CC(=O)NCC2(c3ccc4c(c3)OCO4)CCOCC2)cs1. The average molecular weight is 481 g/mol. The highest BCUT2D eigenvalue weighted by Gasteiger charge is 2.36. The number of amides is 1. The van der Waals surface area contributed by atoms with Crippen LogP contribution in [-0.2, 0) is 21.4 Å². The molecule has 8 heteroatoms. The lowest BCUT2D eigenvalue weighted by Crippen LogP contribution is -2.45. The van der Waals surface area contributed by atoms with Crippen molar-refractivity contribution < 1.29 is 23.7 Å². The van der Waals surface area contributed by atoms with E-state index in [1.54, 1.807) is 0 Å². The van der Waals surface area contributed by atoms with Crippen LogP contribution >= 0.6 is 11.3 Å². The molecule has 7 nitrogen and oxygen atoms in total. The fourth-order valence-corrected chi connectivity index (χ4v) is 5.34. The number of aromatic nitrogens is 1. The Morgan fingerprint density at radius 2 is 1.97 bits per heavy atom. The Morgan fingerprint density at radius 1 is 1.15 bits per heavy atom. The van der Waals surface area contributed by atoms with Gasteiger partial charge >= 0.3 is 0 Å². The van der Waals surface area contributed by atoms with Gasteiger partial charge in [-0.25, -0.2) is 4.98 Å². The van der Waals surface area contributed by atoms with Gasteiger partial charge in [-0.05, 0) is 49.6 Å². The number of rotatable bonds is 8. The van der Waals surface area contributed by atoms with E-state index in [2.05, 4.69) is 11.4 Å². The number of nitrogens with zero attached hydrogens (tertiary/aromatic N) is 1. The summed E-state index contributed by atoms with van der Waals surface area (Å²) in [6.45, 7) is 4.67. The Bertz CT molecular complexity index is 1160. The minimum absolute atomic E-state index is 0.0402. The smallest absolute Gasteiger partial charge is 0.231 e. The third-order valence-corrected chi connectivity index (χ3v) is 7.29. The summed E-state index contributed by atoms with van der Waals surface area (Å²) in [4.78, 5) is 17.6. The number of para-hydroxylation sites is 1. The molecule has 5 rings (SSSR count). The maximum atomic E-state index is 12.9. The van der Waals surface area contributed by atoms with Gasteiger partial charge < -0.3 is 24.3 Å². The molecule has 0 saturated carbocycles. The van der Waals surface area contributed by atoms with Gasteiger partial charge in [0.05, 0.1) is 24.3 Å². The van der Waals surface area contributed by atoms with Crippen LogP contribution in [0, 0.1) is 0 Å². The predicted molar refractivity (Wildman–Crippen MR) is 130 cm³/mol. The number of carbonyl (C=O) groups excluding carboxylic acids is 1. The molecular weight excluding hydrogens is 452 g/mol. The minimum Gasteiger partial charge on any atom is -0.493 e. The van der Waals surface area contributed by atoms with Crippen molar-refractivity contribution >= 4 is 17.2 Å². The van der Waals surface area contributed by atoms with Gasteiger partial charge in [0.15, 0.2) is 11.5 Å². The van der Waals surface area contributed by atoms with Crippen molar-refractivity contribution in [3.63, 3.8) is 0 Å². The lowest BCUT2D eigenvalue weighted by molar-refractivity contribution is -0.121. The predicted octanol–water partition coefficient (Wildman–Crippen LogP) is 4.34. The summed E-state index contributed by atoms with van der Waals surface area (Å²) in [7, 11) is 0. The second kappa shape index (κ2) is 10.0. The summed E-state index contributed by atoms with van der Waals surface area (Å²) in [6.07, 6.45) is 1.91. The molecule has 3 aromatic rings. The lowest BCUT2D eigenvalue weighted by Gasteiger charge is -2.38. The van der Waals surface area contributed by atoms with E-state index in [0.717, 1.165) is 51.9 Å². The Kier molecular flexibility index (Phi) is 6.69. The topological polar surface area (TPSA) is 78.9 Å². The summed E-state index contributed by atoms with van der Waals surface area (Å²) in [5, 5.41) is 5.96. The van der Waals surface area contributed by atoms with Gasteiger partial charge in [0, 0.05) is 30.6 Å². The number of benzene rings is 2. The van der Waals surface area contributed by atoms with Gasteiger partial charge in [0.2, 0.25) is 12.7 Å². The van der Waals surface area contributed by atoms with Gasteiger partial charge in [0.1, 0.15) is 10.8 Å². The van der Waals surface area contributed by atoms with E-state index in [1.165, 1.54) is 11.3 Å². The standard InChI is InChI=1S/C26H28N2O5S/c1-2-31-21-6-4-3-5-20(21)25-28-19(15-34-25)14-24(29)27-16-26(9-11-30-12-10-26)18-7-8-22-23(13-18)33-17-32-22/h3-8,13,15H,2,9-12,14,16-17H2,1H3,(H,27,29). The first-order chi connectivity index (χ1) is 16.7. The van der Waals surface area contributed by atoms with E-state index < -0.39 is 0 Å². The molecule has 2 aliphatic rings. The maximum Gasteiger partial charge on any atom is 0.231 e. The van der Waals surface area contributed by atoms with Crippen LogP contribution in [-0.4, -0.2) is 44.0 Å². The number of hydrogen-bond acceptors (Lipinski definition) is 7. The number of ether oxygens (including phenoxy) is 4. The lowest BCUT2D eigenvalue weighted by atomic mass is 9.74. The van der Waals surface area contributed by atoms with Gasteiger partial charge in [-0.15, -0.1) is 11.3 Å². The second-order valence-electron chi connectivity index (χ2n) is 8.49. The van der Waals surface area contributed by atoms with Gasteiger partial charge in [-0.2, -0.15) is 0 Å². The Morgan fingerprint density at radius 3 is 2.82 bits per heavy atom. The number of nitrogens with one attached hydrogen (secondary N) is 1. The molecule has 0 aliphatic carbocycles. The zero-order chi connectivity index (χ0) is 23.4. The highest BCUT2D eigenvalue weighted by atomic mass is 32.1. The third kappa shape index (κ3) is 4.74. The van der Waals surface area contributed by atoms with E-state index in [-0.39, 0.29) is 24.5 Å². The monoisotopic (exact) mass is 480 g/mol. The molecule has 1 N–H and O–H groups in total. The van der Waals surface area contributed by atoms with Crippen molar-refractivity contribution in [2.75, 3.05) is 33.2 Å². The van der Waals surface area contributed by atoms with Gasteiger partial charge in [-0.3, -0.25) is 4.79 Å². The summed E-state index contributed by atoms with van der Waals surface area (Å²) < 4.78 is 22.4. The molecule has 178 valence electrons. The normalized spacial score (nSPS) is 16.3. The first-order valence-electron chi connectivity index (χ1n) is 11.6. The summed E-state index contributed by atoms with van der Waals surface area (Å²) >= 11 is 1.52. The molecule has 2 aliphatic heterocycles. The van der Waals surface area contributed by atoms with Crippen molar-refractivity contribution in [2.24, 2.45) is 0 Å². The molecule has 1 fully saturated rings. The van der Waals surface area contributed by atoms with Crippen molar-refractivity contribution in [3.8, 4) is 27.8 Å². The van der Waals surface area contributed by atoms with Crippen LogP contribution in [0.3, 0.4) is 0 Å². The quantitative estimate of drug-likeness (QED) is 0.517. The van der Waals surface area contributed by atoms with Crippen molar-refractivity contribution in [2.45, 2.75) is 31.6 Å². The molecule has 0 unspecified atom stereocenters. The van der Waals surface area contributed by atoms with Crippen molar-refractivity contribution in [1.82, 2.24) is 10.3 Å². The third-order valence-electron chi connectivity index (χ3n) is 6.37. The highest BCUT2D eigenvalue weighted by molar-refractivity contribution is 7.13. The van der Waals surface area contributed by atoms with Crippen LogP contribution < -0.4 is 19.5 Å². The molecule has 1 amide bonds. The molecule has 34 heavy (non-hydrogen) atoms. The van der Waals surface area contributed by atoms with Crippen LogP contribution in [0.25, 0.3) is 10.6 Å². The van der Waals surface area contributed by atoms with E-state index in [0.29, 0.717) is 26.4 Å². The van der Waals surface area contributed by atoms with E-state index >= 15 is 0 Å². The Balaban J connectivity index is 1.26. The molecule has 1 saturated heterocycles. The van der Waals surface area contributed by atoms with Crippen LogP contribution in [0.15, 0.2) is 47.8 Å². The van der Waals surface area contributed by atoms with Gasteiger partial charge in [0.25, 0.3) is 0 Å². The first-order valence-corrected chi connectivity index (χ1v) is 12.5. The fourth-order valence-electron chi connectivity index (χ4n) is 4.49. The van der Waals surface area contributed by atoms with E-state index in [4.69, 9.17) is 23.9 Å². The van der Waals surface area contributed by atoms with E-state index in [9.17, 15) is 4.79 Å². The minimum atomic E-state index is -0.196. The fraction of sp³-hybridized carbons (Fsp3) is 0.385. The second-order valence-corrected chi connectivity index (χ2v) is 9.35. The molecule has 0 atom stereocenters. The van der Waals surface area contributed by atoms with Crippen LogP contribution in [0.1, 0.15) is 31.0 Å². The van der Waals surface area contributed by atoms with Crippen LogP contribution in [0.4, 0.5) is 0 Å². The molecule has 0 radical (unpaired) electrons. The average Bonchev–Trinajstić information content (AvgIpc) is 3.53. The molecule has 3 heterocycles. The molecule has 0 spiro atoms. The largest absolute Gasteiger partial charge is 0.493 e. The molecular formula is C26H28N2O5S.